The third-order valence-corrected chi connectivity index (χ3v) is 4.47. The molecule has 0 atom stereocenters. The van der Waals surface area contributed by atoms with E-state index < -0.39 is 0 Å². The van der Waals surface area contributed by atoms with E-state index in [4.69, 9.17) is 0 Å². The van der Waals surface area contributed by atoms with Crippen LogP contribution in [-0.4, -0.2) is 4.98 Å². The summed E-state index contributed by atoms with van der Waals surface area (Å²) >= 11 is 5.27. The topological polar surface area (TPSA) is 12.9 Å². The zero-order valence-corrected chi connectivity index (χ0v) is 13.1. The standard InChI is InChI=1S/C15H18BrNS/c1-2-3-4-5-6-12-8-10-18-15(12)13-7-9-17-14(16)11-13/h7-11H,2-6H2,1H3. The van der Waals surface area contributed by atoms with Gasteiger partial charge in [-0.1, -0.05) is 26.2 Å². The molecule has 1 nitrogen and oxygen atoms in total. The molecule has 0 saturated carbocycles. The third-order valence-electron chi connectivity index (χ3n) is 3.04. The minimum atomic E-state index is 0.908. The summed E-state index contributed by atoms with van der Waals surface area (Å²) in [5.74, 6) is 0. The van der Waals surface area contributed by atoms with E-state index in [1.807, 2.05) is 17.5 Å². The second-order valence-electron chi connectivity index (χ2n) is 4.45. The molecule has 2 heterocycles. The van der Waals surface area contributed by atoms with Crippen LogP contribution in [0.5, 0.6) is 0 Å². The van der Waals surface area contributed by atoms with Crippen LogP contribution in [0, 0.1) is 0 Å². The summed E-state index contributed by atoms with van der Waals surface area (Å²) in [5.41, 5.74) is 2.76. The van der Waals surface area contributed by atoms with Crippen molar-refractivity contribution in [1.29, 1.82) is 0 Å². The second kappa shape index (κ2) is 7.05. The molecule has 96 valence electrons. The Morgan fingerprint density at radius 1 is 1.22 bits per heavy atom. The first-order valence-electron chi connectivity index (χ1n) is 6.49. The largest absolute Gasteiger partial charge is 0.249 e. The first kappa shape index (κ1) is 13.8. The molecule has 2 rings (SSSR count). The molecule has 0 saturated heterocycles. The predicted octanol–water partition coefficient (Wildman–Crippen LogP) is 5.70. The Balaban J connectivity index is 2.08. The fourth-order valence-electron chi connectivity index (χ4n) is 2.07. The Morgan fingerprint density at radius 2 is 2.11 bits per heavy atom. The van der Waals surface area contributed by atoms with Crippen LogP contribution < -0.4 is 0 Å². The summed E-state index contributed by atoms with van der Waals surface area (Å²) in [6.45, 7) is 2.25. The molecule has 0 bridgehead atoms. The lowest BCUT2D eigenvalue weighted by molar-refractivity contribution is 0.668. The van der Waals surface area contributed by atoms with Crippen molar-refractivity contribution in [3.8, 4) is 10.4 Å². The van der Waals surface area contributed by atoms with Gasteiger partial charge in [-0.05, 0) is 63.5 Å². The van der Waals surface area contributed by atoms with E-state index in [0.29, 0.717) is 0 Å². The van der Waals surface area contributed by atoms with Gasteiger partial charge in [-0.15, -0.1) is 11.3 Å². The number of aryl methyl sites for hydroxylation is 1. The number of unbranched alkanes of at least 4 members (excludes halogenated alkanes) is 3. The normalized spacial score (nSPS) is 10.8. The fraction of sp³-hybridized carbons (Fsp3) is 0.400. The molecule has 0 unspecified atom stereocenters. The lowest BCUT2D eigenvalue weighted by atomic mass is 10.0. The maximum Gasteiger partial charge on any atom is 0.106 e. The highest BCUT2D eigenvalue weighted by molar-refractivity contribution is 9.10. The lowest BCUT2D eigenvalue weighted by Crippen LogP contribution is -1.87. The van der Waals surface area contributed by atoms with E-state index in [-0.39, 0.29) is 0 Å². The van der Waals surface area contributed by atoms with Crippen molar-refractivity contribution < 1.29 is 0 Å². The molecule has 0 spiro atoms. The van der Waals surface area contributed by atoms with Crippen molar-refractivity contribution in [3.63, 3.8) is 0 Å². The van der Waals surface area contributed by atoms with E-state index in [1.54, 1.807) is 0 Å². The van der Waals surface area contributed by atoms with Crippen molar-refractivity contribution in [1.82, 2.24) is 4.98 Å². The van der Waals surface area contributed by atoms with Gasteiger partial charge in [0, 0.05) is 11.1 Å². The molecule has 0 amide bonds. The first-order valence-corrected chi connectivity index (χ1v) is 8.17. The van der Waals surface area contributed by atoms with Crippen LogP contribution in [0.1, 0.15) is 38.2 Å². The molecule has 0 N–H and O–H groups in total. The molecule has 0 aliphatic carbocycles. The molecule has 0 aliphatic rings. The second-order valence-corrected chi connectivity index (χ2v) is 6.18. The van der Waals surface area contributed by atoms with Gasteiger partial charge >= 0.3 is 0 Å². The number of rotatable bonds is 6. The smallest absolute Gasteiger partial charge is 0.106 e. The van der Waals surface area contributed by atoms with E-state index in [0.717, 1.165) is 4.60 Å². The van der Waals surface area contributed by atoms with E-state index >= 15 is 0 Å². The van der Waals surface area contributed by atoms with Crippen molar-refractivity contribution >= 4 is 27.3 Å². The molecule has 0 radical (unpaired) electrons. The zero-order chi connectivity index (χ0) is 12.8. The lowest BCUT2D eigenvalue weighted by Gasteiger charge is -2.04. The van der Waals surface area contributed by atoms with Gasteiger partial charge in [-0.3, -0.25) is 0 Å². The van der Waals surface area contributed by atoms with Crippen molar-refractivity contribution in [2.75, 3.05) is 0 Å². The van der Waals surface area contributed by atoms with E-state index in [9.17, 15) is 0 Å². The summed E-state index contributed by atoms with van der Waals surface area (Å²) in [4.78, 5) is 5.58. The molecule has 0 fully saturated rings. The summed E-state index contributed by atoms with van der Waals surface area (Å²) in [5, 5.41) is 2.19. The Bertz CT molecular complexity index is 493. The van der Waals surface area contributed by atoms with Crippen LogP contribution in [0.15, 0.2) is 34.4 Å². The highest BCUT2D eigenvalue weighted by atomic mass is 79.9. The van der Waals surface area contributed by atoms with Gasteiger partial charge < -0.3 is 0 Å². The highest BCUT2D eigenvalue weighted by Gasteiger charge is 2.07. The number of pyridine rings is 1. The van der Waals surface area contributed by atoms with Gasteiger partial charge in [0.05, 0.1) is 0 Å². The van der Waals surface area contributed by atoms with Gasteiger partial charge in [-0.25, -0.2) is 4.98 Å². The molecular weight excluding hydrogens is 306 g/mol. The molecule has 0 aromatic carbocycles. The van der Waals surface area contributed by atoms with Crippen LogP contribution in [0.3, 0.4) is 0 Å². The van der Waals surface area contributed by atoms with Gasteiger partial charge in [0.2, 0.25) is 0 Å². The summed E-state index contributed by atoms with van der Waals surface area (Å²) < 4.78 is 0.908. The number of nitrogens with zero attached hydrogens (tertiary/aromatic N) is 1. The molecular formula is C15H18BrNS. The predicted molar refractivity (Wildman–Crippen MR) is 83.1 cm³/mol. The average Bonchev–Trinajstić information content (AvgIpc) is 2.83. The number of hydrogen-bond donors (Lipinski definition) is 0. The van der Waals surface area contributed by atoms with Crippen LogP contribution in [0.2, 0.25) is 0 Å². The average molecular weight is 324 g/mol. The van der Waals surface area contributed by atoms with Gasteiger partial charge in [-0.2, -0.15) is 0 Å². The third kappa shape index (κ3) is 3.66. The van der Waals surface area contributed by atoms with Crippen LogP contribution >= 0.6 is 27.3 Å². The van der Waals surface area contributed by atoms with E-state index in [1.165, 1.54) is 48.1 Å². The summed E-state index contributed by atoms with van der Waals surface area (Å²) in [6.07, 6.45) is 8.34. The van der Waals surface area contributed by atoms with Gasteiger partial charge in [0.25, 0.3) is 0 Å². The number of aromatic nitrogens is 1. The maximum absolute atomic E-state index is 4.19. The van der Waals surface area contributed by atoms with Crippen molar-refractivity contribution in [2.24, 2.45) is 0 Å². The Morgan fingerprint density at radius 3 is 2.89 bits per heavy atom. The van der Waals surface area contributed by atoms with Crippen molar-refractivity contribution in [3.05, 3.63) is 39.9 Å². The van der Waals surface area contributed by atoms with Gasteiger partial charge in [0.15, 0.2) is 0 Å². The molecule has 2 aromatic rings. The first-order chi connectivity index (χ1) is 8.81. The zero-order valence-electron chi connectivity index (χ0n) is 10.7. The fourth-order valence-corrected chi connectivity index (χ4v) is 3.39. The Kier molecular flexibility index (Phi) is 5.39. The van der Waals surface area contributed by atoms with Crippen LogP contribution in [0.25, 0.3) is 10.4 Å². The minimum absolute atomic E-state index is 0.908. The van der Waals surface area contributed by atoms with Crippen LogP contribution in [0.4, 0.5) is 0 Å². The Hall–Kier alpha value is -0.670. The van der Waals surface area contributed by atoms with Gasteiger partial charge in [0.1, 0.15) is 4.60 Å². The molecule has 3 heteroatoms. The monoisotopic (exact) mass is 323 g/mol. The molecule has 18 heavy (non-hydrogen) atoms. The van der Waals surface area contributed by atoms with Crippen molar-refractivity contribution in [2.45, 2.75) is 39.0 Å². The SMILES string of the molecule is CCCCCCc1ccsc1-c1ccnc(Br)c1. The highest BCUT2D eigenvalue weighted by Crippen LogP contribution is 2.31. The quantitative estimate of drug-likeness (QED) is 0.491. The number of thiophene rings is 1. The Labute approximate surface area is 121 Å². The maximum atomic E-state index is 4.19. The van der Waals surface area contributed by atoms with Crippen LogP contribution in [-0.2, 0) is 6.42 Å². The summed E-state index contributed by atoms with van der Waals surface area (Å²) in [6, 6.07) is 6.45. The molecule has 0 aliphatic heterocycles. The van der Waals surface area contributed by atoms with E-state index in [2.05, 4.69) is 51.4 Å². The molecule has 2 aromatic heterocycles. The number of hydrogen-bond acceptors (Lipinski definition) is 2. The summed E-state index contributed by atoms with van der Waals surface area (Å²) in [7, 11) is 0. The number of halogens is 1. The minimum Gasteiger partial charge on any atom is -0.249 e.